The van der Waals surface area contributed by atoms with E-state index in [1.807, 2.05) is 0 Å². The van der Waals surface area contributed by atoms with Crippen LogP contribution in [-0.4, -0.2) is 124 Å². The van der Waals surface area contributed by atoms with E-state index in [0.717, 1.165) is 0 Å². The van der Waals surface area contributed by atoms with E-state index in [9.17, 15) is 19.2 Å². The number of aldehydes is 2. The Balaban J connectivity index is 0. The molecule has 0 aromatic rings. The Kier molecular flexibility index (Phi) is 12.4. The van der Waals surface area contributed by atoms with E-state index in [1.165, 1.54) is 0 Å². The van der Waals surface area contributed by atoms with Gasteiger partial charge in [0.2, 0.25) is 0 Å². The molecule has 0 amide bonds. The highest BCUT2D eigenvalue weighted by atomic mass is 16.4. The van der Waals surface area contributed by atoms with Crippen LogP contribution >= 0.6 is 0 Å². The zero-order valence-corrected chi connectivity index (χ0v) is 12.9. The first-order chi connectivity index (χ1) is 11.8. The van der Waals surface area contributed by atoms with E-state index >= 15 is 0 Å². The van der Waals surface area contributed by atoms with Crippen molar-refractivity contribution in [1.82, 2.24) is 0 Å². The maximum atomic E-state index is 10.1. The van der Waals surface area contributed by atoms with Crippen molar-refractivity contribution in [3.63, 3.8) is 0 Å². The standard InChI is InChI=1S/2C6H10O7/c2*7-1-2(8)3(9)4(10)5(11)6(12)13/h2*1-5,8-11H,(H,12,13)/t2-,3-,4+,5+;2-,3-,4+,5-/m10/s1. The van der Waals surface area contributed by atoms with Crippen molar-refractivity contribution in [3.8, 4) is 0 Å². The topological polar surface area (TPSA) is 271 Å². The fourth-order valence-electron chi connectivity index (χ4n) is 1.23. The molecule has 10 N–H and O–H groups in total. The predicted octanol–water partition coefficient (Wildman–Crippen LogP) is -6.57. The van der Waals surface area contributed by atoms with Gasteiger partial charge in [-0.05, 0) is 0 Å². The summed E-state index contributed by atoms with van der Waals surface area (Å²) in [6, 6.07) is 0. The molecule has 0 aliphatic rings. The van der Waals surface area contributed by atoms with Crippen LogP contribution in [0.4, 0.5) is 0 Å². The van der Waals surface area contributed by atoms with Gasteiger partial charge in [-0.25, -0.2) is 9.59 Å². The van der Waals surface area contributed by atoms with Gasteiger partial charge in [-0.15, -0.1) is 0 Å². The lowest BCUT2D eigenvalue weighted by molar-refractivity contribution is -0.164. The number of hydrogen-bond donors (Lipinski definition) is 10. The van der Waals surface area contributed by atoms with Crippen LogP contribution in [0.25, 0.3) is 0 Å². The van der Waals surface area contributed by atoms with E-state index < -0.39 is 60.8 Å². The predicted molar refractivity (Wildman–Crippen MR) is 75.5 cm³/mol. The molecule has 0 rings (SSSR count). The van der Waals surface area contributed by atoms with E-state index in [0.29, 0.717) is 0 Å². The molecule has 0 bridgehead atoms. The number of carbonyl (C=O) groups is 4. The Morgan fingerprint density at radius 1 is 0.538 bits per heavy atom. The van der Waals surface area contributed by atoms with Crippen LogP contribution in [0.2, 0.25) is 0 Å². The monoisotopic (exact) mass is 388 g/mol. The lowest BCUT2D eigenvalue weighted by atomic mass is 10.0. The van der Waals surface area contributed by atoms with Crippen molar-refractivity contribution in [2.24, 2.45) is 0 Å². The van der Waals surface area contributed by atoms with E-state index in [1.54, 1.807) is 0 Å². The van der Waals surface area contributed by atoms with Gasteiger partial charge in [0.25, 0.3) is 0 Å². The van der Waals surface area contributed by atoms with Crippen LogP contribution in [0.15, 0.2) is 0 Å². The molecule has 0 aromatic heterocycles. The van der Waals surface area contributed by atoms with Gasteiger partial charge in [0.1, 0.15) is 36.6 Å². The summed E-state index contributed by atoms with van der Waals surface area (Å²) < 4.78 is 0. The second-order valence-electron chi connectivity index (χ2n) is 4.78. The van der Waals surface area contributed by atoms with Crippen molar-refractivity contribution in [1.29, 1.82) is 0 Å². The van der Waals surface area contributed by atoms with Gasteiger partial charge in [0, 0.05) is 0 Å². The molecular formula is C12H20O14. The number of carboxylic acid groups (broad SMARTS) is 2. The number of carbonyl (C=O) groups excluding carboxylic acids is 2. The van der Waals surface area contributed by atoms with E-state index in [4.69, 9.17) is 51.1 Å². The molecule has 8 atom stereocenters. The zero-order chi connectivity index (χ0) is 21.2. The van der Waals surface area contributed by atoms with Gasteiger partial charge in [-0.3, -0.25) is 0 Å². The normalized spacial score (nSPS) is 20.0. The summed E-state index contributed by atoms with van der Waals surface area (Å²) in [4.78, 5) is 39.9. The third-order valence-electron chi connectivity index (χ3n) is 2.83. The molecule has 0 radical (unpaired) electrons. The largest absolute Gasteiger partial charge is 0.479 e. The number of aliphatic hydroxyl groups is 8. The summed E-state index contributed by atoms with van der Waals surface area (Å²) in [6.45, 7) is 0. The quantitative estimate of drug-likeness (QED) is 0.156. The number of aliphatic hydroxyl groups excluding tert-OH is 8. The average Bonchev–Trinajstić information content (AvgIpc) is 2.62. The van der Waals surface area contributed by atoms with Crippen molar-refractivity contribution < 1.29 is 70.2 Å². The fraction of sp³-hybridized carbons (Fsp3) is 0.667. The molecule has 0 saturated heterocycles. The maximum Gasteiger partial charge on any atom is 0.335 e. The van der Waals surface area contributed by atoms with Gasteiger partial charge in [-0.1, -0.05) is 0 Å². The maximum absolute atomic E-state index is 10.1. The molecule has 0 aliphatic carbocycles. The summed E-state index contributed by atoms with van der Waals surface area (Å²) in [6.07, 6.45) is -16.8. The molecule has 0 spiro atoms. The molecule has 0 heterocycles. The van der Waals surface area contributed by atoms with Gasteiger partial charge in [0.15, 0.2) is 24.8 Å². The molecule has 26 heavy (non-hydrogen) atoms. The van der Waals surface area contributed by atoms with Gasteiger partial charge >= 0.3 is 11.9 Å². The first-order valence-electron chi connectivity index (χ1n) is 6.64. The minimum atomic E-state index is -2.25. The Morgan fingerprint density at radius 3 is 0.923 bits per heavy atom. The van der Waals surface area contributed by atoms with Crippen LogP contribution in [0.5, 0.6) is 0 Å². The molecule has 14 heteroatoms. The second kappa shape index (κ2) is 12.3. The summed E-state index contributed by atoms with van der Waals surface area (Å²) in [5.74, 6) is -3.52. The molecule has 0 unspecified atom stereocenters. The molecule has 0 aromatic carbocycles. The molecule has 0 fully saturated rings. The van der Waals surface area contributed by atoms with Crippen molar-refractivity contribution in [3.05, 3.63) is 0 Å². The summed E-state index contributed by atoms with van der Waals surface area (Å²) in [5, 5.41) is 86.4. The van der Waals surface area contributed by atoms with Crippen LogP contribution < -0.4 is 0 Å². The highest BCUT2D eigenvalue weighted by molar-refractivity contribution is 5.73. The molecule has 0 aliphatic heterocycles. The Morgan fingerprint density at radius 2 is 0.769 bits per heavy atom. The van der Waals surface area contributed by atoms with Crippen LogP contribution in [0, 0.1) is 0 Å². The van der Waals surface area contributed by atoms with E-state index in [-0.39, 0.29) is 12.6 Å². The Hall–Kier alpha value is -2.04. The lowest BCUT2D eigenvalue weighted by Gasteiger charge is -2.21. The molecule has 14 nitrogen and oxygen atoms in total. The number of rotatable bonds is 10. The lowest BCUT2D eigenvalue weighted by Crippen LogP contribution is -2.48. The van der Waals surface area contributed by atoms with Crippen molar-refractivity contribution >= 4 is 24.5 Å². The highest BCUT2D eigenvalue weighted by Crippen LogP contribution is 2.04. The number of aliphatic carboxylic acids is 2. The van der Waals surface area contributed by atoms with Crippen LogP contribution in [-0.2, 0) is 19.2 Å². The molecular weight excluding hydrogens is 368 g/mol. The minimum absolute atomic E-state index is 0.0809. The zero-order valence-electron chi connectivity index (χ0n) is 12.9. The van der Waals surface area contributed by atoms with E-state index in [2.05, 4.69) is 0 Å². The van der Waals surface area contributed by atoms with Crippen molar-refractivity contribution in [2.45, 2.75) is 48.8 Å². The van der Waals surface area contributed by atoms with Gasteiger partial charge in [-0.2, -0.15) is 0 Å². The summed E-state index contributed by atoms with van der Waals surface area (Å²) in [5.41, 5.74) is 0. The first-order valence-corrected chi connectivity index (χ1v) is 6.64. The number of hydrogen-bond acceptors (Lipinski definition) is 12. The highest BCUT2D eigenvalue weighted by Gasteiger charge is 2.34. The first kappa shape index (κ1) is 26.2. The number of carboxylic acids is 2. The average molecular weight is 388 g/mol. The van der Waals surface area contributed by atoms with Crippen LogP contribution in [0.3, 0.4) is 0 Å². The summed E-state index contributed by atoms with van der Waals surface area (Å²) >= 11 is 0. The Labute approximate surface area is 144 Å². The smallest absolute Gasteiger partial charge is 0.335 e. The van der Waals surface area contributed by atoms with Crippen molar-refractivity contribution in [2.75, 3.05) is 0 Å². The SMILES string of the molecule is O=C[C@@H](O)[C@@H](O)[C@H](O)[C@H](O)C(=O)O.O=C[C@H](O)[C@H](O)[C@@H](O)[C@H](O)C(=O)O. The fourth-order valence-corrected chi connectivity index (χ4v) is 1.23. The molecule has 0 saturated carbocycles. The minimum Gasteiger partial charge on any atom is -0.479 e. The summed E-state index contributed by atoms with van der Waals surface area (Å²) in [7, 11) is 0. The Bertz CT molecular complexity index is 425. The molecule has 152 valence electrons. The van der Waals surface area contributed by atoms with Crippen LogP contribution in [0.1, 0.15) is 0 Å². The second-order valence-corrected chi connectivity index (χ2v) is 4.78. The van der Waals surface area contributed by atoms with Gasteiger partial charge < -0.3 is 60.7 Å². The van der Waals surface area contributed by atoms with Gasteiger partial charge in [0.05, 0.1) is 0 Å². The third-order valence-corrected chi connectivity index (χ3v) is 2.83. The third kappa shape index (κ3) is 8.37.